The molecule has 3 rings (SSSR count). The molecule has 0 saturated carbocycles. The van der Waals surface area contributed by atoms with Crippen molar-refractivity contribution in [2.75, 3.05) is 46.4 Å². The first-order valence-corrected chi connectivity index (χ1v) is 10.1. The van der Waals surface area contributed by atoms with Crippen molar-refractivity contribution in [3.05, 3.63) is 15.6 Å². The summed E-state index contributed by atoms with van der Waals surface area (Å²) in [6.45, 7) is 3.16. The van der Waals surface area contributed by atoms with Crippen LogP contribution in [0, 0.1) is 0 Å². The summed E-state index contributed by atoms with van der Waals surface area (Å²) in [5, 5.41) is 5.17. The number of carbonyl (C=O) groups excluding carboxylic acids is 4. The number of hydrogen-bond acceptors (Lipinski definition) is 8. The molecule has 4 amide bonds. The molecule has 0 unspecified atom stereocenters. The van der Waals surface area contributed by atoms with Crippen molar-refractivity contribution in [1.82, 2.24) is 25.4 Å². The zero-order valence-corrected chi connectivity index (χ0v) is 18.1. The molecule has 1 fully saturated rings. The van der Waals surface area contributed by atoms with Crippen molar-refractivity contribution in [2.24, 2.45) is 5.73 Å². The van der Waals surface area contributed by atoms with Crippen LogP contribution >= 0.6 is 23.7 Å². The highest BCUT2D eigenvalue weighted by atomic mass is 35.5. The van der Waals surface area contributed by atoms with Gasteiger partial charge in [-0.15, -0.1) is 23.7 Å². The minimum absolute atomic E-state index is 0. The predicted octanol–water partition coefficient (Wildman–Crippen LogP) is -1.89. The number of fused-ring (bicyclic) bond motifs is 1. The second-order valence-electron chi connectivity index (χ2n) is 6.92. The number of hydrogen-bond donors (Lipinski definition) is 3. The lowest BCUT2D eigenvalue weighted by Gasteiger charge is -2.34. The first-order valence-electron chi connectivity index (χ1n) is 9.27. The molecule has 166 valence electrons. The first kappa shape index (κ1) is 24.0. The van der Waals surface area contributed by atoms with Gasteiger partial charge in [-0.25, -0.2) is 4.98 Å². The molecule has 1 atom stereocenters. The molecule has 0 spiro atoms. The second-order valence-corrected chi connectivity index (χ2v) is 8.00. The van der Waals surface area contributed by atoms with Crippen molar-refractivity contribution in [1.29, 1.82) is 0 Å². The average Bonchev–Trinajstić information content (AvgIpc) is 3.15. The van der Waals surface area contributed by atoms with Gasteiger partial charge < -0.3 is 30.9 Å². The van der Waals surface area contributed by atoms with Gasteiger partial charge in [0.25, 0.3) is 5.91 Å². The van der Waals surface area contributed by atoms with Gasteiger partial charge in [-0.2, -0.15) is 0 Å². The largest absolute Gasteiger partial charge is 0.375 e. The van der Waals surface area contributed by atoms with E-state index < -0.39 is 23.8 Å². The molecule has 11 nitrogen and oxygen atoms in total. The summed E-state index contributed by atoms with van der Waals surface area (Å²) in [5.41, 5.74) is 5.77. The number of nitrogens with zero attached hydrogens (tertiary/aromatic N) is 3. The van der Waals surface area contributed by atoms with Crippen LogP contribution in [0.4, 0.5) is 0 Å². The number of aromatic nitrogens is 1. The van der Waals surface area contributed by atoms with Crippen molar-refractivity contribution in [3.63, 3.8) is 0 Å². The zero-order valence-electron chi connectivity index (χ0n) is 16.5. The minimum Gasteiger partial charge on any atom is -0.375 e. The zero-order chi connectivity index (χ0) is 21.0. The summed E-state index contributed by atoms with van der Waals surface area (Å²) >= 11 is 1.22. The van der Waals surface area contributed by atoms with Gasteiger partial charge in [0.2, 0.25) is 5.91 Å². The summed E-state index contributed by atoms with van der Waals surface area (Å²) in [6, 6.07) is -1.04. The third-order valence-electron chi connectivity index (χ3n) is 4.80. The predicted molar refractivity (Wildman–Crippen MR) is 110 cm³/mol. The number of nitrogens with one attached hydrogen (secondary N) is 2. The molecule has 1 aromatic rings. The molecular formula is C17H25ClN6O5S. The smallest absolute Gasteiger partial charge is 0.309 e. The van der Waals surface area contributed by atoms with Crippen molar-refractivity contribution < 1.29 is 23.9 Å². The molecule has 1 aromatic heterocycles. The monoisotopic (exact) mass is 460 g/mol. The SMILES string of the molecule is CN1CCN(C(=O)[C@H](CNC(=O)C(N)=O)NC(=O)c2nc3c(s2)COCC3)CC1.Cl. The molecule has 1 saturated heterocycles. The van der Waals surface area contributed by atoms with Gasteiger partial charge in [-0.3, -0.25) is 19.2 Å². The summed E-state index contributed by atoms with van der Waals surface area (Å²) < 4.78 is 5.37. The van der Waals surface area contributed by atoms with Crippen molar-refractivity contribution in [2.45, 2.75) is 19.1 Å². The van der Waals surface area contributed by atoms with Crippen LogP contribution in [-0.4, -0.2) is 90.8 Å². The minimum atomic E-state index is -1.16. The maximum absolute atomic E-state index is 12.9. The highest BCUT2D eigenvalue weighted by molar-refractivity contribution is 7.13. The molecule has 13 heteroatoms. The van der Waals surface area contributed by atoms with Crippen molar-refractivity contribution >= 4 is 47.4 Å². The lowest BCUT2D eigenvalue weighted by Crippen LogP contribution is -2.58. The molecule has 30 heavy (non-hydrogen) atoms. The van der Waals surface area contributed by atoms with E-state index in [0.29, 0.717) is 45.8 Å². The van der Waals surface area contributed by atoms with E-state index in [-0.39, 0.29) is 29.9 Å². The summed E-state index contributed by atoms with van der Waals surface area (Å²) in [7, 11) is 1.96. The number of rotatable bonds is 5. The number of piperazine rings is 1. The molecule has 3 heterocycles. The van der Waals surface area contributed by atoms with E-state index in [1.165, 1.54) is 11.3 Å². The Morgan fingerprint density at radius 1 is 1.23 bits per heavy atom. The van der Waals surface area contributed by atoms with Crippen LogP contribution in [0.1, 0.15) is 20.4 Å². The second kappa shape index (κ2) is 10.7. The number of carbonyl (C=O) groups is 4. The fourth-order valence-corrected chi connectivity index (χ4v) is 4.02. The van der Waals surface area contributed by atoms with E-state index in [0.717, 1.165) is 10.6 Å². The molecule has 0 bridgehead atoms. The van der Waals surface area contributed by atoms with E-state index in [9.17, 15) is 19.2 Å². The van der Waals surface area contributed by atoms with Crippen LogP contribution in [0.5, 0.6) is 0 Å². The van der Waals surface area contributed by atoms with E-state index in [1.54, 1.807) is 4.90 Å². The molecule has 2 aliphatic rings. The quantitative estimate of drug-likeness (QED) is 0.435. The molecule has 2 aliphatic heterocycles. The van der Waals surface area contributed by atoms with Gasteiger partial charge in [-0.05, 0) is 7.05 Å². The summed E-state index contributed by atoms with van der Waals surface area (Å²) in [6.07, 6.45) is 0.636. The van der Waals surface area contributed by atoms with Gasteiger partial charge in [0.05, 0.1) is 23.8 Å². The van der Waals surface area contributed by atoms with Crippen LogP contribution in [0.15, 0.2) is 0 Å². The molecule has 0 radical (unpaired) electrons. The van der Waals surface area contributed by atoms with Gasteiger partial charge in [-0.1, -0.05) is 0 Å². The molecule has 4 N–H and O–H groups in total. The Bertz CT molecular complexity index is 787. The third kappa shape index (κ3) is 5.88. The van der Waals surface area contributed by atoms with Crippen LogP contribution in [-0.2, 0) is 32.1 Å². The first-order chi connectivity index (χ1) is 13.8. The molecular weight excluding hydrogens is 436 g/mol. The van der Waals surface area contributed by atoms with Crippen LogP contribution in [0.2, 0.25) is 0 Å². The Morgan fingerprint density at radius 2 is 1.93 bits per heavy atom. The van der Waals surface area contributed by atoms with E-state index in [1.807, 2.05) is 7.05 Å². The normalized spacial score (nSPS) is 17.3. The van der Waals surface area contributed by atoms with E-state index in [2.05, 4.69) is 20.5 Å². The maximum Gasteiger partial charge on any atom is 0.309 e. The standard InChI is InChI=1S/C17H24N6O5S.ClH/c1-22-3-5-23(6-4-22)17(27)11(8-19-14(25)13(18)24)20-15(26)16-21-10-2-7-28-9-12(10)29-16;/h11H,2-9H2,1H3,(H2,18,24)(H,19,25)(H,20,26);1H/t11-;/m0./s1. The Morgan fingerprint density at radius 3 is 2.57 bits per heavy atom. The average molecular weight is 461 g/mol. The highest BCUT2D eigenvalue weighted by Crippen LogP contribution is 2.23. The third-order valence-corrected chi connectivity index (χ3v) is 5.87. The maximum atomic E-state index is 12.9. The van der Waals surface area contributed by atoms with Gasteiger partial charge in [0.15, 0.2) is 5.01 Å². The molecule has 0 aromatic carbocycles. The highest BCUT2D eigenvalue weighted by Gasteiger charge is 2.30. The number of ether oxygens (including phenoxy) is 1. The van der Waals surface area contributed by atoms with Gasteiger partial charge >= 0.3 is 11.8 Å². The number of thiazole rings is 1. The number of likely N-dealkylation sites (N-methyl/N-ethyl adjacent to an activating group) is 1. The Hall–Kier alpha value is -2.28. The van der Waals surface area contributed by atoms with Crippen LogP contribution in [0.25, 0.3) is 0 Å². The Labute approximate surface area is 183 Å². The van der Waals surface area contributed by atoms with E-state index in [4.69, 9.17) is 10.5 Å². The van der Waals surface area contributed by atoms with Crippen molar-refractivity contribution in [3.8, 4) is 0 Å². The van der Waals surface area contributed by atoms with Crippen LogP contribution < -0.4 is 16.4 Å². The fourth-order valence-electron chi connectivity index (χ4n) is 3.07. The molecule has 0 aliphatic carbocycles. The summed E-state index contributed by atoms with van der Waals surface area (Å²) in [4.78, 5) is 57.1. The van der Waals surface area contributed by atoms with Crippen LogP contribution in [0.3, 0.4) is 0 Å². The fraction of sp³-hybridized carbons (Fsp3) is 0.588. The lowest BCUT2D eigenvalue weighted by molar-refractivity contribution is -0.138. The number of amides is 4. The number of primary amides is 1. The van der Waals surface area contributed by atoms with E-state index >= 15 is 0 Å². The lowest BCUT2D eigenvalue weighted by atomic mass is 10.2. The Kier molecular flexibility index (Phi) is 8.53. The van der Waals surface area contributed by atoms with Gasteiger partial charge in [0.1, 0.15) is 6.04 Å². The summed E-state index contributed by atoms with van der Waals surface area (Å²) in [5.74, 6) is -3.02. The number of nitrogens with two attached hydrogens (primary N) is 1. The Balaban J connectivity index is 0.00000320. The van der Waals surface area contributed by atoms with Gasteiger partial charge in [0, 0.05) is 39.1 Å². The topological polar surface area (TPSA) is 147 Å². The number of halogens is 1.